The zero-order valence-corrected chi connectivity index (χ0v) is 12.0. The lowest BCUT2D eigenvalue weighted by molar-refractivity contribution is 0.454. The Morgan fingerprint density at radius 3 is 2.76 bits per heavy atom. The van der Waals surface area contributed by atoms with E-state index in [1.807, 2.05) is 32.0 Å². The van der Waals surface area contributed by atoms with Gasteiger partial charge in [-0.25, -0.2) is 4.98 Å². The van der Waals surface area contributed by atoms with E-state index in [9.17, 15) is 0 Å². The maximum atomic E-state index is 5.83. The van der Waals surface area contributed by atoms with Crippen LogP contribution >= 0.6 is 27.7 Å². The maximum absolute atomic E-state index is 5.83. The van der Waals surface area contributed by atoms with Gasteiger partial charge in [-0.05, 0) is 59.2 Å². The Kier molecular flexibility index (Phi) is 3.91. The lowest BCUT2D eigenvalue weighted by atomic mass is 10.1. The standard InChI is InChI=1S/C12H13BrN2OS/c1-7-6-16-12(15-7)17-11-4-3-9(8(2)14)5-10(11)13/h3-6,8H,14H2,1-2H3. The summed E-state index contributed by atoms with van der Waals surface area (Å²) in [6, 6.07) is 6.11. The third-order valence-corrected chi connectivity index (χ3v) is 4.13. The monoisotopic (exact) mass is 312 g/mol. The van der Waals surface area contributed by atoms with E-state index in [1.165, 1.54) is 11.8 Å². The Morgan fingerprint density at radius 1 is 1.47 bits per heavy atom. The molecule has 2 aromatic rings. The number of aromatic nitrogens is 1. The summed E-state index contributed by atoms with van der Waals surface area (Å²) in [7, 11) is 0. The second-order valence-corrected chi connectivity index (χ2v) is 5.68. The summed E-state index contributed by atoms with van der Waals surface area (Å²) in [5.41, 5.74) is 7.82. The second kappa shape index (κ2) is 5.25. The van der Waals surface area contributed by atoms with Crippen molar-refractivity contribution in [1.29, 1.82) is 0 Å². The Balaban J connectivity index is 2.22. The summed E-state index contributed by atoms with van der Waals surface area (Å²) in [6.07, 6.45) is 1.65. The fourth-order valence-corrected chi connectivity index (χ4v) is 2.76. The highest BCUT2D eigenvalue weighted by molar-refractivity contribution is 9.10. The number of nitrogens with zero attached hydrogens (tertiary/aromatic N) is 1. The van der Waals surface area contributed by atoms with Crippen LogP contribution in [0, 0.1) is 6.92 Å². The topological polar surface area (TPSA) is 52.0 Å². The first kappa shape index (κ1) is 12.7. The van der Waals surface area contributed by atoms with E-state index < -0.39 is 0 Å². The van der Waals surface area contributed by atoms with Gasteiger partial charge in [0.25, 0.3) is 5.22 Å². The van der Waals surface area contributed by atoms with Crippen molar-refractivity contribution in [2.75, 3.05) is 0 Å². The van der Waals surface area contributed by atoms with E-state index in [0.717, 1.165) is 20.6 Å². The lowest BCUT2D eigenvalue weighted by Gasteiger charge is -2.08. The molecule has 2 N–H and O–H groups in total. The van der Waals surface area contributed by atoms with Crippen LogP contribution in [0.1, 0.15) is 24.2 Å². The van der Waals surface area contributed by atoms with Crippen molar-refractivity contribution >= 4 is 27.7 Å². The molecule has 1 atom stereocenters. The van der Waals surface area contributed by atoms with Crippen LogP contribution in [0.5, 0.6) is 0 Å². The summed E-state index contributed by atoms with van der Waals surface area (Å²) in [5.74, 6) is 0. The Hall–Kier alpha value is -0.780. The average Bonchev–Trinajstić information content (AvgIpc) is 2.67. The zero-order chi connectivity index (χ0) is 12.4. The molecule has 3 nitrogen and oxygen atoms in total. The van der Waals surface area contributed by atoms with Crippen LogP contribution in [-0.2, 0) is 0 Å². The maximum Gasteiger partial charge on any atom is 0.260 e. The van der Waals surface area contributed by atoms with Crippen molar-refractivity contribution in [3.8, 4) is 0 Å². The highest BCUT2D eigenvalue weighted by atomic mass is 79.9. The molecule has 0 saturated heterocycles. The smallest absolute Gasteiger partial charge is 0.260 e. The Morgan fingerprint density at radius 2 is 2.24 bits per heavy atom. The van der Waals surface area contributed by atoms with Crippen LogP contribution in [0.15, 0.2) is 43.5 Å². The minimum absolute atomic E-state index is 0.0364. The first-order chi connectivity index (χ1) is 8.06. The number of hydrogen-bond donors (Lipinski definition) is 1. The van der Waals surface area contributed by atoms with Gasteiger partial charge >= 0.3 is 0 Å². The quantitative estimate of drug-likeness (QED) is 0.933. The minimum atomic E-state index is 0.0364. The number of rotatable bonds is 3. The van der Waals surface area contributed by atoms with Gasteiger partial charge in [-0.3, -0.25) is 0 Å². The van der Waals surface area contributed by atoms with Crippen LogP contribution < -0.4 is 5.73 Å². The van der Waals surface area contributed by atoms with Gasteiger partial charge in [0.15, 0.2) is 0 Å². The van der Waals surface area contributed by atoms with Gasteiger partial charge in [-0.15, -0.1) is 0 Å². The van der Waals surface area contributed by atoms with Gasteiger partial charge in [0.1, 0.15) is 6.26 Å². The van der Waals surface area contributed by atoms with Gasteiger partial charge in [-0.2, -0.15) is 0 Å². The van der Waals surface area contributed by atoms with Gasteiger partial charge in [0.05, 0.1) is 5.69 Å². The molecule has 2 rings (SSSR count). The third kappa shape index (κ3) is 3.12. The predicted molar refractivity (Wildman–Crippen MR) is 72.1 cm³/mol. The molecule has 1 unspecified atom stereocenters. The number of hydrogen-bond acceptors (Lipinski definition) is 4. The molecule has 90 valence electrons. The first-order valence-corrected chi connectivity index (χ1v) is 6.82. The fourth-order valence-electron chi connectivity index (χ4n) is 1.36. The molecule has 0 bridgehead atoms. The molecule has 0 fully saturated rings. The van der Waals surface area contributed by atoms with Crippen LogP contribution in [0.2, 0.25) is 0 Å². The molecule has 5 heteroatoms. The van der Waals surface area contributed by atoms with Gasteiger partial charge in [0.2, 0.25) is 0 Å². The number of oxazole rings is 1. The summed E-state index contributed by atoms with van der Waals surface area (Å²) in [6.45, 7) is 3.87. The van der Waals surface area contributed by atoms with Crippen LogP contribution in [0.25, 0.3) is 0 Å². The van der Waals surface area contributed by atoms with E-state index >= 15 is 0 Å². The van der Waals surface area contributed by atoms with Gasteiger partial charge in [0, 0.05) is 15.4 Å². The van der Waals surface area contributed by atoms with E-state index in [4.69, 9.17) is 10.2 Å². The highest BCUT2D eigenvalue weighted by Crippen LogP contribution is 2.34. The Bertz CT molecular complexity index is 525. The number of nitrogens with two attached hydrogens (primary N) is 1. The molecule has 1 heterocycles. The van der Waals surface area contributed by atoms with E-state index in [0.29, 0.717) is 5.22 Å². The van der Waals surface area contributed by atoms with Gasteiger partial charge in [-0.1, -0.05) is 6.07 Å². The third-order valence-electron chi connectivity index (χ3n) is 2.28. The van der Waals surface area contributed by atoms with Gasteiger partial charge < -0.3 is 10.2 Å². The molecule has 0 amide bonds. The minimum Gasteiger partial charge on any atom is -0.439 e. The molecule has 1 aromatic heterocycles. The van der Waals surface area contributed by atoms with Crippen molar-refractivity contribution in [3.63, 3.8) is 0 Å². The second-order valence-electron chi connectivity index (χ2n) is 3.84. The van der Waals surface area contributed by atoms with Crippen LogP contribution in [-0.4, -0.2) is 4.98 Å². The predicted octanol–water partition coefficient (Wildman–Crippen LogP) is 3.92. The summed E-state index contributed by atoms with van der Waals surface area (Å²) in [5, 5.41) is 0.650. The number of benzene rings is 1. The molecular formula is C12H13BrN2OS. The first-order valence-electron chi connectivity index (χ1n) is 5.21. The molecule has 0 spiro atoms. The van der Waals surface area contributed by atoms with Crippen molar-refractivity contribution < 1.29 is 4.42 Å². The number of aryl methyl sites for hydroxylation is 1. The largest absolute Gasteiger partial charge is 0.439 e. The summed E-state index contributed by atoms with van der Waals surface area (Å²) >= 11 is 5.02. The number of halogens is 1. The highest BCUT2D eigenvalue weighted by Gasteiger charge is 2.09. The molecule has 0 saturated carbocycles. The zero-order valence-electron chi connectivity index (χ0n) is 9.61. The molecule has 0 aliphatic rings. The summed E-state index contributed by atoms with van der Waals surface area (Å²) in [4.78, 5) is 5.32. The summed E-state index contributed by atoms with van der Waals surface area (Å²) < 4.78 is 6.31. The molecule has 0 radical (unpaired) electrons. The molecule has 17 heavy (non-hydrogen) atoms. The van der Waals surface area contributed by atoms with E-state index in [2.05, 4.69) is 20.9 Å². The average molecular weight is 313 g/mol. The Labute approximate surface area is 113 Å². The van der Waals surface area contributed by atoms with Crippen LogP contribution in [0.4, 0.5) is 0 Å². The molecular weight excluding hydrogens is 300 g/mol. The fraction of sp³-hybridized carbons (Fsp3) is 0.250. The van der Waals surface area contributed by atoms with E-state index in [1.54, 1.807) is 6.26 Å². The van der Waals surface area contributed by atoms with Crippen LogP contribution in [0.3, 0.4) is 0 Å². The SMILES string of the molecule is Cc1coc(Sc2ccc(C(C)N)cc2Br)n1. The molecule has 0 aliphatic carbocycles. The van der Waals surface area contributed by atoms with Crippen molar-refractivity contribution in [2.45, 2.75) is 30.0 Å². The van der Waals surface area contributed by atoms with E-state index in [-0.39, 0.29) is 6.04 Å². The lowest BCUT2D eigenvalue weighted by Crippen LogP contribution is -2.04. The van der Waals surface area contributed by atoms with Crippen molar-refractivity contribution in [3.05, 3.63) is 40.2 Å². The van der Waals surface area contributed by atoms with Crippen molar-refractivity contribution in [1.82, 2.24) is 4.98 Å². The molecule has 0 aliphatic heterocycles. The van der Waals surface area contributed by atoms with Crippen molar-refractivity contribution in [2.24, 2.45) is 5.73 Å². The normalized spacial score (nSPS) is 12.7. The molecule has 1 aromatic carbocycles.